The molecule has 2 aliphatic rings. The highest BCUT2D eigenvalue weighted by atomic mass is 32.2. The minimum Gasteiger partial charge on any atom is -0.377 e. The summed E-state index contributed by atoms with van der Waals surface area (Å²) >= 11 is 0. The van der Waals surface area contributed by atoms with Crippen molar-refractivity contribution >= 4 is 33.5 Å². The monoisotopic (exact) mass is 598 g/mol. The van der Waals surface area contributed by atoms with Gasteiger partial charge in [-0.3, -0.25) is 19.2 Å². The number of hydrogen-bond donors (Lipinski definition) is 3. The Bertz CT molecular complexity index is 1060. The van der Waals surface area contributed by atoms with Gasteiger partial charge in [-0.25, -0.2) is 8.42 Å². The first-order valence-electron chi connectivity index (χ1n) is 13.3. The van der Waals surface area contributed by atoms with Crippen LogP contribution in [0, 0.1) is 23.2 Å². The zero-order valence-electron chi connectivity index (χ0n) is 23.8. The summed E-state index contributed by atoms with van der Waals surface area (Å²) in [6, 6.07) is -4.06. The highest BCUT2D eigenvalue weighted by Gasteiger charge is 2.50. The third kappa shape index (κ3) is 8.38. The number of piperidine rings is 1. The maximum absolute atomic E-state index is 13.7. The van der Waals surface area contributed by atoms with Crippen molar-refractivity contribution in [3.8, 4) is 0 Å². The number of nitrogens with zero attached hydrogens (tertiary/aromatic N) is 1. The van der Waals surface area contributed by atoms with Gasteiger partial charge in [0.15, 0.2) is 5.78 Å². The van der Waals surface area contributed by atoms with Gasteiger partial charge in [0, 0.05) is 26.1 Å². The molecule has 230 valence electrons. The predicted molar refractivity (Wildman–Crippen MR) is 139 cm³/mol. The number of Topliss-reactive ketones (excluding diaryl/α,β-unsaturated/α-hetero) is 1. The summed E-state index contributed by atoms with van der Waals surface area (Å²) in [4.78, 5) is 53.3. The van der Waals surface area contributed by atoms with Gasteiger partial charge in [0.2, 0.25) is 17.7 Å². The predicted octanol–water partition coefficient (Wildman–Crippen LogP) is 1.33. The molecule has 40 heavy (non-hydrogen) atoms. The molecule has 0 aromatic rings. The maximum atomic E-state index is 13.7. The van der Waals surface area contributed by atoms with Crippen LogP contribution in [0.15, 0.2) is 0 Å². The second-order valence-electron chi connectivity index (χ2n) is 11.9. The number of ether oxygens (including phenoxy) is 1. The first-order valence-corrected chi connectivity index (χ1v) is 14.8. The van der Waals surface area contributed by atoms with E-state index in [1.807, 2.05) is 20.8 Å². The highest BCUT2D eigenvalue weighted by Crippen LogP contribution is 2.37. The number of hydrogen-bond acceptors (Lipinski definition) is 7. The number of carbonyl (C=O) groups is 4. The third-order valence-electron chi connectivity index (χ3n) is 7.61. The number of halogens is 3. The van der Waals surface area contributed by atoms with Crippen molar-refractivity contribution in [3.05, 3.63) is 0 Å². The van der Waals surface area contributed by atoms with E-state index in [-0.39, 0.29) is 43.2 Å². The van der Waals surface area contributed by atoms with Gasteiger partial charge in [-0.1, -0.05) is 34.6 Å². The smallest absolute Gasteiger partial charge is 0.377 e. The molecule has 0 saturated carbocycles. The fourth-order valence-electron chi connectivity index (χ4n) is 5.08. The molecule has 0 spiro atoms. The molecule has 0 radical (unpaired) electrons. The molecule has 5 atom stereocenters. The largest absolute Gasteiger partial charge is 0.511 e. The van der Waals surface area contributed by atoms with Crippen molar-refractivity contribution in [1.82, 2.24) is 20.3 Å². The van der Waals surface area contributed by atoms with Crippen LogP contribution in [-0.2, 0) is 33.9 Å². The highest BCUT2D eigenvalue weighted by molar-refractivity contribution is 7.90. The third-order valence-corrected chi connectivity index (χ3v) is 8.78. The molecule has 2 rings (SSSR count). The van der Waals surface area contributed by atoms with Gasteiger partial charge in [-0.2, -0.15) is 17.9 Å². The molecule has 15 heteroatoms. The molecule has 2 heterocycles. The van der Waals surface area contributed by atoms with E-state index in [4.69, 9.17) is 4.74 Å². The lowest BCUT2D eigenvalue weighted by atomic mass is 9.73. The van der Waals surface area contributed by atoms with E-state index in [1.54, 1.807) is 0 Å². The Morgan fingerprint density at radius 2 is 1.77 bits per heavy atom. The molecule has 11 nitrogen and oxygen atoms in total. The van der Waals surface area contributed by atoms with Gasteiger partial charge in [-0.05, 0) is 42.9 Å². The number of ketones is 1. The first-order chi connectivity index (χ1) is 18.3. The van der Waals surface area contributed by atoms with E-state index < -0.39 is 63.1 Å². The van der Waals surface area contributed by atoms with Crippen LogP contribution in [-0.4, -0.2) is 87.3 Å². The van der Waals surface area contributed by atoms with Crippen molar-refractivity contribution in [2.75, 3.05) is 26.8 Å². The lowest BCUT2D eigenvalue weighted by Gasteiger charge is -2.44. The van der Waals surface area contributed by atoms with Crippen molar-refractivity contribution in [2.45, 2.75) is 83.9 Å². The van der Waals surface area contributed by atoms with Crippen LogP contribution in [0.5, 0.6) is 0 Å². The van der Waals surface area contributed by atoms with Gasteiger partial charge in [0.25, 0.3) is 0 Å². The van der Waals surface area contributed by atoms with E-state index in [2.05, 4.69) is 10.6 Å². The summed E-state index contributed by atoms with van der Waals surface area (Å²) < 4.78 is 69.5. The Morgan fingerprint density at radius 1 is 1.15 bits per heavy atom. The molecule has 2 aliphatic heterocycles. The molecule has 0 bridgehead atoms. The van der Waals surface area contributed by atoms with Gasteiger partial charge >= 0.3 is 15.5 Å². The molecule has 0 aromatic heterocycles. The van der Waals surface area contributed by atoms with Crippen molar-refractivity contribution < 1.29 is 45.5 Å². The number of carbonyl (C=O) groups excluding carboxylic acids is 4. The molecule has 3 N–H and O–H groups in total. The molecule has 1 unspecified atom stereocenters. The second-order valence-corrected chi connectivity index (χ2v) is 13.6. The molecular formula is C25H41F3N4O7S. The normalized spacial score (nSPS) is 24.0. The Morgan fingerprint density at radius 3 is 2.25 bits per heavy atom. The lowest BCUT2D eigenvalue weighted by Crippen LogP contribution is -2.62. The summed E-state index contributed by atoms with van der Waals surface area (Å²) in [5.41, 5.74) is -5.91. The first kappa shape index (κ1) is 33.9. The fourth-order valence-corrected chi connectivity index (χ4v) is 5.93. The Kier molecular flexibility index (Phi) is 11.2. The van der Waals surface area contributed by atoms with E-state index in [0.29, 0.717) is 19.4 Å². The van der Waals surface area contributed by atoms with Gasteiger partial charge in [0.05, 0.1) is 6.04 Å². The molecule has 0 aliphatic carbocycles. The van der Waals surface area contributed by atoms with Crippen LogP contribution < -0.4 is 15.4 Å². The standard InChI is InChI=1S/C25H41F3N4O7S/c1-14(2)20(31-40(37,38)25(26,27)28)23(36)32-10-8-16(24(3,4)5)12-18(32)22(35)30-17(19(33)13-39-6)11-15-7-9-29-21(15)34/h14-18,20,31H,7-13H2,1-6H3,(H,29,34)(H,30,35)/t15-,16+,17-,18?,20-/m0/s1. The van der Waals surface area contributed by atoms with Crippen LogP contribution in [0.4, 0.5) is 13.2 Å². The lowest BCUT2D eigenvalue weighted by molar-refractivity contribution is -0.147. The van der Waals surface area contributed by atoms with Crippen LogP contribution in [0.1, 0.15) is 60.3 Å². The molecule has 2 fully saturated rings. The van der Waals surface area contributed by atoms with Crippen molar-refractivity contribution in [3.63, 3.8) is 0 Å². The maximum Gasteiger partial charge on any atom is 0.511 e. The quantitative estimate of drug-likeness (QED) is 0.325. The summed E-state index contributed by atoms with van der Waals surface area (Å²) in [5, 5.41) is 5.33. The number of rotatable bonds is 11. The number of sulfonamides is 1. The fraction of sp³-hybridized carbons (Fsp3) is 0.840. The van der Waals surface area contributed by atoms with Gasteiger partial charge in [-0.15, -0.1) is 0 Å². The topological polar surface area (TPSA) is 151 Å². The SMILES string of the molecule is COCC(=O)[C@H](C[C@@H]1CCNC1=O)NC(=O)C1C[C@H](C(C)(C)C)CCN1C(=O)[C@@H](NS(=O)(=O)C(F)(F)F)C(C)C. The molecule has 3 amide bonds. The molecule has 0 aromatic carbocycles. The van der Waals surface area contributed by atoms with Gasteiger partial charge < -0.3 is 20.3 Å². The molecular weight excluding hydrogens is 557 g/mol. The number of nitrogens with one attached hydrogen (secondary N) is 3. The van der Waals surface area contributed by atoms with Crippen LogP contribution in [0.2, 0.25) is 0 Å². The van der Waals surface area contributed by atoms with Crippen LogP contribution in [0.25, 0.3) is 0 Å². The minimum atomic E-state index is -5.85. The summed E-state index contributed by atoms with van der Waals surface area (Å²) in [6.07, 6.45) is 1.07. The summed E-state index contributed by atoms with van der Waals surface area (Å²) in [7, 11) is -4.54. The number of methoxy groups -OCH3 is 1. The Hall–Kier alpha value is -2.26. The van der Waals surface area contributed by atoms with E-state index in [9.17, 15) is 40.8 Å². The van der Waals surface area contributed by atoms with Crippen LogP contribution >= 0.6 is 0 Å². The average molecular weight is 599 g/mol. The van der Waals surface area contributed by atoms with E-state index in [0.717, 1.165) is 4.90 Å². The van der Waals surface area contributed by atoms with E-state index in [1.165, 1.54) is 25.7 Å². The van der Waals surface area contributed by atoms with Gasteiger partial charge in [0.1, 0.15) is 18.7 Å². The summed E-state index contributed by atoms with van der Waals surface area (Å²) in [6.45, 7) is 8.77. The summed E-state index contributed by atoms with van der Waals surface area (Å²) in [5.74, 6) is -3.85. The van der Waals surface area contributed by atoms with Crippen molar-refractivity contribution in [1.29, 1.82) is 0 Å². The number of amides is 3. The van der Waals surface area contributed by atoms with Crippen molar-refractivity contribution in [2.24, 2.45) is 23.2 Å². The number of likely N-dealkylation sites (tertiary alicyclic amines) is 1. The zero-order valence-corrected chi connectivity index (χ0v) is 24.6. The van der Waals surface area contributed by atoms with Crippen LogP contribution in [0.3, 0.4) is 0 Å². The second kappa shape index (κ2) is 13.1. The minimum absolute atomic E-state index is 0.00244. The van der Waals surface area contributed by atoms with E-state index >= 15 is 0 Å². The Labute approximate surface area is 233 Å². The molecule has 2 saturated heterocycles. The number of alkyl halides is 3. The average Bonchev–Trinajstić information content (AvgIpc) is 3.24. The zero-order chi connectivity index (χ0) is 30.6. The Balaban J connectivity index is 2.39.